The van der Waals surface area contributed by atoms with Gasteiger partial charge in [-0.2, -0.15) is 0 Å². The minimum Gasteiger partial charge on any atom is -0.507 e. The minimum atomic E-state index is -0.765. The molecule has 6 nitrogen and oxygen atoms in total. The van der Waals surface area contributed by atoms with Crippen molar-refractivity contribution in [3.05, 3.63) is 94.6 Å². The zero-order chi connectivity index (χ0) is 26.0. The van der Waals surface area contributed by atoms with Crippen LogP contribution in [-0.4, -0.2) is 37.0 Å². The van der Waals surface area contributed by atoms with Crippen LogP contribution in [-0.2, 0) is 9.59 Å². The van der Waals surface area contributed by atoms with Gasteiger partial charge in [-0.05, 0) is 86.8 Å². The molecule has 1 amide bonds. The average molecular weight is 485 g/mol. The number of carbonyl (C=O) groups excluding carboxylic acids is 2. The smallest absolute Gasteiger partial charge is 0.300 e. The van der Waals surface area contributed by atoms with E-state index < -0.39 is 17.7 Å². The number of aryl methyl sites for hydroxylation is 2. The molecule has 0 aromatic heterocycles. The Balaban J connectivity index is 1.92. The third kappa shape index (κ3) is 4.47. The Hall–Kier alpha value is -4.06. The van der Waals surface area contributed by atoms with E-state index in [1.807, 2.05) is 62.4 Å². The van der Waals surface area contributed by atoms with Crippen molar-refractivity contribution in [2.75, 3.05) is 30.0 Å². The van der Waals surface area contributed by atoms with Crippen molar-refractivity contribution in [2.45, 2.75) is 33.7 Å². The van der Waals surface area contributed by atoms with Crippen LogP contribution < -0.4 is 14.5 Å². The molecule has 1 aliphatic rings. The van der Waals surface area contributed by atoms with Gasteiger partial charge in [0.1, 0.15) is 11.5 Å². The first-order chi connectivity index (χ1) is 17.3. The number of rotatable bonds is 7. The topological polar surface area (TPSA) is 70.1 Å². The number of aliphatic hydroxyl groups excluding tert-OH is 1. The van der Waals surface area contributed by atoms with Crippen LogP contribution in [0.2, 0.25) is 0 Å². The quantitative estimate of drug-likeness (QED) is 0.261. The number of ketones is 1. The molecule has 1 atom stereocenters. The first kappa shape index (κ1) is 25.0. The van der Waals surface area contributed by atoms with Crippen LogP contribution in [0, 0.1) is 13.8 Å². The highest BCUT2D eigenvalue weighted by molar-refractivity contribution is 6.51. The number of benzene rings is 3. The van der Waals surface area contributed by atoms with E-state index in [4.69, 9.17) is 4.74 Å². The van der Waals surface area contributed by atoms with Crippen LogP contribution >= 0.6 is 0 Å². The van der Waals surface area contributed by atoms with Crippen LogP contribution in [0.15, 0.2) is 72.3 Å². The summed E-state index contributed by atoms with van der Waals surface area (Å²) in [4.78, 5) is 30.6. The summed E-state index contributed by atoms with van der Waals surface area (Å²) < 4.78 is 5.29. The van der Waals surface area contributed by atoms with Crippen molar-refractivity contribution >= 4 is 28.8 Å². The summed E-state index contributed by atoms with van der Waals surface area (Å²) in [6.45, 7) is 9.71. The molecule has 3 aromatic rings. The molecular weight excluding hydrogens is 452 g/mol. The van der Waals surface area contributed by atoms with Gasteiger partial charge in [-0.15, -0.1) is 0 Å². The van der Waals surface area contributed by atoms with Crippen LogP contribution in [0.5, 0.6) is 5.75 Å². The second kappa shape index (κ2) is 10.3. The van der Waals surface area contributed by atoms with E-state index in [0.29, 0.717) is 17.0 Å². The van der Waals surface area contributed by atoms with Gasteiger partial charge in [0, 0.05) is 30.0 Å². The number of hydrogen-bond acceptors (Lipinski definition) is 5. The normalized spacial score (nSPS) is 16.9. The average Bonchev–Trinajstić information content (AvgIpc) is 3.15. The van der Waals surface area contributed by atoms with Gasteiger partial charge >= 0.3 is 0 Å². The number of hydrogen-bond donors (Lipinski definition) is 1. The van der Waals surface area contributed by atoms with Crippen molar-refractivity contribution < 1.29 is 19.4 Å². The third-order valence-corrected chi connectivity index (χ3v) is 6.75. The molecule has 4 rings (SSSR count). The molecule has 186 valence electrons. The van der Waals surface area contributed by atoms with E-state index in [1.54, 1.807) is 25.3 Å². The maximum absolute atomic E-state index is 13.4. The van der Waals surface area contributed by atoms with Gasteiger partial charge in [0.15, 0.2) is 0 Å². The molecule has 6 heteroatoms. The van der Waals surface area contributed by atoms with E-state index in [0.717, 1.165) is 35.5 Å². The Morgan fingerprint density at radius 2 is 1.67 bits per heavy atom. The molecule has 0 saturated carbocycles. The van der Waals surface area contributed by atoms with E-state index in [9.17, 15) is 14.7 Å². The largest absolute Gasteiger partial charge is 0.507 e. The highest BCUT2D eigenvalue weighted by atomic mass is 16.5. The summed E-state index contributed by atoms with van der Waals surface area (Å²) in [5, 5.41) is 11.5. The SMILES string of the molecule is CCN(CC)c1ccc(C2/C(=C(/O)c3ccc(OC)cc3C)C(=O)C(=O)N2c2cccc(C)c2)cc1. The maximum Gasteiger partial charge on any atom is 0.300 e. The Kier molecular flexibility index (Phi) is 7.15. The highest BCUT2D eigenvalue weighted by Crippen LogP contribution is 2.43. The van der Waals surface area contributed by atoms with Gasteiger partial charge < -0.3 is 14.7 Å². The molecule has 1 heterocycles. The van der Waals surface area contributed by atoms with Gasteiger partial charge in [-0.25, -0.2) is 0 Å². The Morgan fingerprint density at radius 3 is 2.25 bits per heavy atom. The van der Waals surface area contributed by atoms with Crippen molar-refractivity contribution in [1.29, 1.82) is 0 Å². The lowest BCUT2D eigenvalue weighted by Crippen LogP contribution is -2.29. The molecule has 0 radical (unpaired) electrons. The lowest BCUT2D eigenvalue weighted by Gasteiger charge is -2.27. The van der Waals surface area contributed by atoms with E-state index in [1.165, 1.54) is 4.90 Å². The zero-order valence-corrected chi connectivity index (χ0v) is 21.4. The Bertz CT molecular complexity index is 1320. The van der Waals surface area contributed by atoms with E-state index >= 15 is 0 Å². The Labute approximate surface area is 212 Å². The summed E-state index contributed by atoms with van der Waals surface area (Å²) in [7, 11) is 1.57. The number of aliphatic hydroxyl groups is 1. The Morgan fingerprint density at radius 1 is 0.972 bits per heavy atom. The summed E-state index contributed by atoms with van der Waals surface area (Å²) in [5.41, 5.74) is 4.69. The van der Waals surface area contributed by atoms with Crippen molar-refractivity contribution in [1.82, 2.24) is 0 Å². The predicted molar refractivity (Wildman–Crippen MR) is 144 cm³/mol. The molecule has 1 saturated heterocycles. The fraction of sp³-hybridized carbons (Fsp3) is 0.267. The summed E-state index contributed by atoms with van der Waals surface area (Å²) >= 11 is 0. The van der Waals surface area contributed by atoms with Gasteiger partial charge in [0.2, 0.25) is 0 Å². The molecule has 1 fully saturated rings. The van der Waals surface area contributed by atoms with Crippen LogP contribution in [0.4, 0.5) is 11.4 Å². The molecule has 0 spiro atoms. The van der Waals surface area contributed by atoms with Crippen LogP contribution in [0.3, 0.4) is 0 Å². The lowest BCUT2D eigenvalue weighted by atomic mass is 9.93. The first-order valence-corrected chi connectivity index (χ1v) is 12.2. The maximum atomic E-state index is 13.4. The van der Waals surface area contributed by atoms with Crippen molar-refractivity contribution in [3.63, 3.8) is 0 Å². The number of methoxy groups -OCH3 is 1. The number of amides is 1. The molecule has 0 aliphatic carbocycles. The van der Waals surface area contributed by atoms with Crippen molar-refractivity contribution in [2.24, 2.45) is 0 Å². The summed E-state index contributed by atoms with van der Waals surface area (Å²) in [6, 6.07) is 19.8. The molecule has 1 aliphatic heterocycles. The highest BCUT2D eigenvalue weighted by Gasteiger charge is 2.47. The molecule has 1 unspecified atom stereocenters. The second-order valence-corrected chi connectivity index (χ2v) is 8.95. The second-order valence-electron chi connectivity index (χ2n) is 8.95. The first-order valence-electron chi connectivity index (χ1n) is 12.2. The van der Waals surface area contributed by atoms with E-state index in [2.05, 4.69) is 18.7 Å². The van der Waals surface area contributed by atoms with Crippen LogP contribution in [0.1, 0.15) is 42.1 Å². The molecule has 0 bridgehead atoms. The van der Waals surface area contributed by atoms with E-state index in [-0.39, 0.29) is 11.3 Å². The molecule has 1 N–H and O–H groups in total. The molecular formula is C30H32N2O4. The van der Waals surface area contributed by atoms with Gasteiger partial charge in [0.25, 0.3) is 11.7 Å². The number of Topliss-reactive ketones (excluding diaryl/α,β-unsaturated/α-hetero) is 1. The zero-order valence-electron chi connectivity index (χ0n) is 21.4. The number of ether oxygens (including phenoxy) is 1. The monoisotopic (exact) mass is 484 g/mol. The predicted octanol–water partition coefficient (Wildman–Crippen LogP) is 5.78. The standard InChI is InChI=1S/C30H32N2O4/c1-6-31(7-2)22-13-11-21(12-14-22)27-26(28(33)25-16-15-24(36-5)18-20(25)4)29(34)30(35)32(27)23-10-8-9-19(3)17-23/h8-18,27,33H,6-7H2,1-5H3/b28-26-. The fourth-order valence-corrected chi connectivity index (χ4v) is 4.82. The number of nitrogens with zero attached hydrogens (tertiary/aromatic N) is 2. The molecule has 3 aromatic carbocycles. The van der Waals surface area contributed by atoms with Gasteiger partial charge in [-0.1, -0.05) is 24.3 Å². The number of carbonyl (C=O) groups is 2. The number of anilines is 2. The molecule has 36 heavy (non-hydrogen) atoms. The van der Waals surface area contributed by atoms with Gasteiger partial charge in [-0.3, -0.25) is 14.5 Å². The third-order valence-electron chi connectivity index (χ3n) is 6.75. The van der Waals surface area contributed by atoms with Crippen LogP contribution in [0.25, 0.3) is 5.76 Å². The van der Waals surface area contributed by atoms with Crippen molar-refractivity contribution in [3.8, 4) is 5.75 Å². The fourth-order valence-electron chi connectivity index (χ4n) is 4.82. The minimum absolute atomic E-state index is 0.0744. The summed E-state index contributed by atoms with van der Waals surface area (Å²) in [5.74, 6) is -0.914. The summed E-state index contributed by atoms with van der Waals surface area (Å²) in [6.07, 6.45) is 0. The van der Waals surface area contributed by atoms with Gasteiger partial charge in [0.05, 0.1) is 18.7 Å². The lowest BCUT2D eigenvalue weighted by molar-refractivity contribution is -0.132.